The van der Waals surface area contributed by atoms with Crippen LogP contribution in [0.2, 0.25) is 0 Å². The molecule has 2 heterocycles. The van der Waals surface area contributed by atoms with Crippen LogP contribution in [0.15, 0.2) is 0 Å². The van der Waals surface area contributed by atoms with E-state index in [1.807, 2.05) is 7.05 Å². The van der Waals surface area contributed by atoms with Gasteiger partial charge in [0.1, 0.15) is 0 Å². The molecule has 2 rings (SSSR count). The van der Waals surface area contributed by atoms with E-state index in [4.69, 9.17) is 0 Å². The van der Waals surface area contributed by atoms with Crippen LogP contribution in [0.25, 0.3) is 0 Å². The number of halogens is 2. The molecule has 2 saturated heterocycles. The van der Waals surface area contributed by atoms with Crippen molar-refractivity contribution in [2.75, 3.05) is 33.2 Å². The van der Waals surface area contributed by atoms with Crippen molar-refractivity contribution in [3.8, 4) is 0 Å². The van der Waals surface area contributed by atoms with Crippen molar-refractivity contribution in [2.45, 2.75) is 57.5 Å². The fourth-order valence-electron chi connectivity index (χ4n) is 3.32. The Hall–Kier alpha value is -0.0300. The van der Waals surface area contributed by atoms with Gasteiger partial charge in [-0.1, -0.05) is 12.8 Å². The van der Waals surface area contributed by atoms with Gasteiger partial charge in [-0.15, -0.1) is 24.8 Å². The van der Waals surface area contributed by atoms with E-state index < -0.39 is 0 Å². The highest BCUT2D eigenvalue weighted by Crippen LogP contribution is 2.16. The van der Waals surface area contributed by atoms with E-state index in [0.29, 0.717) is 11.9 Å². The Morgan fingerprint density at radius 2 is 1.67 bits per heavy atom. The van der Waals surface area contributed by atoms with Crippen LogP contribution in [0.3, 0.4) is 0 Å². The van der Waals surface area contributed by atoms with Crippen molar-refractivity contribution in [3.05, 3.63) is 0 Å². The zero-order chi connectivity index (χ0) is 13.7. The van der Waals surface area contributed by atoms with Gasteiger partial charge in [0.15, 0.2) is 0 Å². The zero-order valence-corrected chi connectivity index (χ0v) is 15.0. The number of carbonyl (C=O) groups excluding carboxylic acids is 1. The van der Waals surface area contributed by atoms with Gasteiger partial charge in [-0.25, -0.2) is 0 Å². The summed E-state index contributed by atoms with van der Waals surface area (Å²) in [7, 11) is 2.00. The normalized spacial score (nSPS) is 25.2. The molecule has 126 valence electrons. The van der Waals surface area contributed by atoms with Crippen molar-refractivity contribution in [1.82, 2.24) is 15.1 Å². The maximum atomic E-state index is 12.6. The minimum atomic E-state index is 0. The molecule has 2 aliphatic heterocycles. The number of hydrogen-bond donors (Lipinski definition) is 1. The highest BCUT2D eigenvalue weighted by Gasteiger charge is 2.29. The van der Waals surface area contributed by atoms with Gasteiger partial charge in [-0.2, -0.15) is 0 Å². The largest absolute Gasteiger partial charge is 0.340 e. The van der Waals surface area contributed by atoms with Crippen LogP contribution in [-0.2, 0) is 4.79 Å². The molecule has 0 aromatic rings. The van der Waals surface area contributed by atoms with E-state index in [2.05, 4.69) is 22.0 Å². The molecule has 0 aromatic carbocycles. The van der Waals surface area contributed by atoms with Gasteiger partial charge in [0.2, 0.25) is 5.91 Å². The number of likely N-dealkylation sites (N-methyl/N-ethyl adjacent to an activating group) is 1. The molecule has 0 aromatic heterocycles. The lowest BCUT2D eigenvalue weighted by atomic mass is 10.0. The lowest BCUT2D eigenvalue weighted by Gasteiger charge is -2.37. The Kier molecular flexibility index (Phi) is 10.6. The third kappa shape index (κ3) is 5.93. The zero-order valence-electron chi connectivity index (χ0n) is 13.3. The van der Waals surface area contributed by atoms with E-state index in [1.54, 1.807) is 0 Å². The molecule has 0 radical (unpaired) electrons. The van der Waals surface area contributed by atoms with Crippen molar-refractivity contribution >= 4 is 30.7 Å². The number of amides is 1. The van der Waals surface area contributed by atoms with Crippen molar-refractivity contribution in [2.24, 2.45) is 0 Å². The van der Waals surface area contributed by atoms with E-state index in [1.165, 1.54) is 32.1 Å². The highest BCUT2D eigenvalue weighted by molar-refractivity contribution is 5.85. The first-order chi connectivity index (χ1) is 9.22. The summed E-state index contributed by atoms with van der Waals surface area (Å²) in [5.41, 5.74) is 0. The first-order valence-electron chi connectivity index (χ1n) is 7.92. The first kappa shape index (κ1) is 21.0. The van der Waals surface area contributed by atoms with E-state index in [0.717, 1.165) is 32.6 Å². The van der Waals surface area contributed by atoms with Crippen LogP contribution in [0.4, 0.5) is 0 Å². The number of likely N-dealkylation sites (tertiary alicyclic amines) is 2. The predicted molar refractivity (Wildman–Crippen MR) is 92.7 cm³/mol. The second kappa shape index (κ2) is 10.7. The summed E-state index contributed by atoms with van der Waals surface area (Å²) in [6.45, 7) is 6.10. The molecule has 2 fully saturated rings. The molecule has 2 aliphatic rings. The molecule has 21 heavy (non-hydrogen) atoms. The molecular formula is C15H31Cl2N3O. The standard InChI is InChI=1S/C15H29N3O.2ClH/c1-13(17-9-5-3-4-6-10-17)15(19)18-11-7-8-14(12-18)16-2;;/h13-14,16H,3-12H2,1-2H3;2*1H. The summed E-state index contributed by atoms with van der Waals surface area (Å²) in [5, 5.41) is 3.31. The smallest absolute Gasteiger partial charge is 0.239 e. The predicted octanol–water partition coefficient (Wildman–Crippen LogP) is 2.30. The topological polar surface area (TPSA) is 35.6 Å². The quantitative estimate of drug-likeness (QED) is 0.856. The van der Waals surface area contributed by atoms with Gasteiger partial charge in [-0.05, 0) is 52.7 Å². The van der Waals surface area contributed by atoms with E-state index >= 15 is 0 Å². The molecule has 0 bridgehead atoms. The average Bonchev–Trinajstić information content (AvgIpc) is 2.75. The summed E-state index contributed by atoms with van der Waals surface area (Å²) < 4.78 is 0. The summed E-state index contributed by atoms with van der Waals surface area (Å²) >= 11 is 0. The van der Waals surface area contributed by atoms with Gasteiger partial charge < -0.3 is 10.2 Å². The number of hydrogen-bond acceptors (Lipinski definition) is 3. The summed E-state index contributed by atoms with van der Waals surface area (Å²) in [5.74, 6) is 0.335. The number of piperidine rings is 1. The van der Waals surface area contributed by atoms with Crippen molar-refractivity contribution < 1.29 is 4.79 Å². The molecular weight excluding hydrogens is 309 g/mol. The Labute approximate surface area is 141 Å². The third-order valence-corrected chi connectivity index (χ3v) is 4.69. The minimum absolute atomic E-state index is 0. The second-order valence-corrected chi connectivity index (χ2v) is 6.04. The molecule has 0 saturated carbocycles. The SMILES string of the molecule is CNC1CCCN(C(=O)C(C)N2CCCCCC2)C1.Cl.Cl. The fourth-order valence-corrected chi connectivity index (χ4v) is 3.32. The van der Waals surface area contributed by atoms with Gasteiger partial charge in [-0.3, -0.25) is 9.69 Å². The Morgan fingerprint density at radius 1 is 1.05 bits per heavy atom. The monoisotopic (exact) mass is 339 g/mol. The Bertz CT molecular complexity index is 297. The second-order valence-electron chi connectivity index (χ2n) is 6.04. The summed E-state index contributed by atoms with van der Waals surface area (Å²) in [6, 6.07) is 0.544. The van der Waals surface area contributed by atoms with Crippen molar-refractivity contribution in [3.63, 3.8) is 0 Å². The first-order valence-corrected chi connectivity index (χ1v) is 7.92. The van der Waals surface area contributed by atoms with Crippen LogP contribution in [0.1, 0.15) is 45.4 Å². The molecule has 2 unspecified atom stereocenters. The van der Waals surface area contributed by atoms with Crippen LogP contribution in [0.5, 0.6) is 0 Å². The maximum Gasteiger partial charge on any atom is 0.239 e. The highest BCUT2D eigenvalue weighted by atomic mass is 35.5. The summed E-state index contributed by atoms with van der Waals surface area (Å²) in [6.07, 6.45) is 7.46. The number of carbonyl (C=O) groups is 1. The van der Waals surface area contributed by atoms with Gasteiger partial charge in [0.25, 0.3) is 0 Å². The number of rotatable bonds is 3. The van der Waals surface area contributed by atoms with Gasteiger partial charge in [0, 0.05) is 19.1 Å². The van der Waals surface area contributed by atoms with Gasteiger partial charge in [0.05, 0.1) is 6.04 Å². The lowest BCUT2D eigenvalue weighted by molar-refractivity contribution is -0.137. The molecule has 1 N–H and O–H groups in total. The third-order valence-electron chi connectivity index (χ3n) is 4.69. The average molecular weight is 340 g/mol. The summed E-state index contributed by atoms with van der Waals surface area (Å²) in [4.78, 5) is 17.1. The van der Waals surface area contributed by atoms with Crippen LogP contribution < -0.4 is 5.32 Å². The van der Waals surface area contributed by atoms with Crippen LogP contribution in [-0.4, -0.2) is 61.0 Å². The molecule has 6 heteroatoms. The Morgan fingerprint density at radius 3 is 2.24 bits per heavy atom. The Balaban J connectivity index is 0.00000200. The molecule has 0 aliphatic carbocycles. The molecule has 0 spiro atoms. The molecule has 2 atom stereocenters. The van der Waals surface area contributed by atoms with Crippen molar-refractivity contribution in [1.29, 1.82) is 0 Å². The number of nitrogens with zero attached hydrogens (tertiary/aromatic N) is 2. The molecule has 4 nitrogen and oxygen atoms in total. The maximum absolute atomic E-state index is 12.6. The van der Waals surface area contributed by atoms with E-state index in [9.17, 15) is 4.79 Å². The number of nitrogens with one attached hydrogen (secondary N) is 1. The van der Waals surface area contributed by atoms with Gasteiger partial charge >= 0.3 is 0 Å². The van der Waals surface area contributed by atoms with E-state index in [-0.39, 0.29) is 30.9 Å². The lowest BCUT2D eigenvalue weighted by Crippen LogP contribution is -2.53. The molecule has 1 amide bonds. The van der Waals surface area contributed by atoms with Crippen LogP contribution >= 0.6 is 24.8 Å². The fraction of sp³-hybridized carbons (Fsp3) is 0.933. The minimum Gasteiger partial charge on any atom is -0.340 e. The van der Waals surface area contributed by atoms with Crippen LogP contribution in [0, 0.1) is 0 Å².